The van der Waals surface area contributed by atoms with Crippen molar-refractivity contribution in [3.63, 3.8) is 0 Å². The molecule has 0 amide bonds. The fraction of sp³-hybridized carbons (Fsp3) is 0.238. The number of hydrazone groups is 1. The first kappa shape index (κ1) is 19.6. The van der Waals surface area contributed by atoms with E-state index in [9.17, 15) is 0 Å². The summed E-state index contributed by atoms with van der Waals surface area (Å²) in [4.78, 5) is 15.9. The summed E-state index contributed by atoms with van der Waals surface area (Å²) in [5.41, 5.74) is 4.90. The van der Waals surface area contributed by atoms with Crippen molar-refractivity contribution in [1.29, 1.82) is 0 Å². The second-order valence-electron chi connectivity index (χ2n) is 6.75. The molecule has 0 saturated carbocycles. The molecule has 0 unspecified atom stereocenters. The van der Waals surface area contributed by atoms with Crippen LogP contribution >= 0.6 is 22.6 Å². The molecule has 0 spiro atoms. The van der Waals surface area contributed by atoms with Crippen molar-refractivity contribution in [2.75, 3.05) is 28.7 Å². The second kappa shape index (κ2) is 9.64. The van der Waals surface area contributed by atoms with Gasteiger partial charge in [-0.1, -0.05) is 30.3 Å². The van der Waals surface area contributed by atoms with E-state index in [0.717, 1.165) is 40.8 Å². The highest BCUT2D eigenvalue weighted by atomic mass is 127. The highest BCUT2D eigenvalue weighted by Crippen LogP contribution is 2.20. The molecule has 2 N–H and O–H groups in total. The van der Waals surface area contributed by atoms with Crippen molar-refractivity contribution >= 4 is 52.3 Å². The lowest BCUT2D eigenvalue weighted by atomic mass is 10.1. The Hall–Kier alpha value is -2.75. The molecule has 2 heterocycles. The van der Waals surface area contributed by atoms with Crippen molar-refractivity contribution in [1.82, 2.24) is 15.0 Å². The van der Waals surface area contributed by atoms with Gasteiger partial charge in [0.15, 0.2) is 0 Å². The van der Waals surface area contributed by atoms with Crippen LogP contribution in [0.3, 0.4) is 0 Å². The Balaban J connectivity index is 1.56. The van der Waals surface area contributed by atoms with Crippen molar-refractivity contribution < 1.29 is 0 Å². The zero-order chi connectivity index (χ0) is 19.9. The van der Waals surface area contributed by atoms with Crippen LogP contribution < -0.4 is 15.6 Å². The molecule has 0 bridgehead atoms. The quantitative estimate of drug-likeness (QED) is 0.292. The minimum absolute atomic E-state index is 0.417. The average molecular weight is 499 g/mol. The maximum absolute atomic E-state index is 4.63. The smallest absolute Gasteiger partial charge is 0.250 e. The topological polar surface area (TPSA) is 78.3 Å². The van der Waals surface area contributed by atoms with Crippen LogP contribution in [0.4, 0.5) is 23.5 Å². The van der Waals surface area contributed by atoms with Gasteiger partial charge < -0.3 is 10.2 Å². The minimum Gasteiger partial charge on any atom is -0.341 e. The third-order valence-electron chi connectivity index (χ3n) is 4.52. The maximum Gasteiger partial charge on any atom is 0.250 e. The van der Waals surface area contributed by atoms with Gasteiger partial charge in [0.1, 0.15) is 0 Å². The van der Waals surface area contributed by atoms with E-state index in [1.165, 1.54) is 6.42 Å². The van der Waals surface area contributed by atoms with Crippen LogP contribution in [0.2, 0.25) is 0 Å². The molecular weight excluding hydrogens is 477 g/mol. The number of para-hydroxylation sites is 1. The number of hydrogen-bond acceptors (Lipinski definition) is 7. The Bertz CT molecular complexity index is 972. The van der Waals surface area contributed by atoms with Crippen molar-refractivity contribution in [3.05, 3.63) is 63.7 Å². The first-order valence-electron chi connectivity index (χ1n) is 9.64. The molecule has 2 aromatic carbocycles. The summed E-state index contributed by atoms with van der Waals surface area (Å²) in [6, 6.07) is 18.0. The van der Waals surface area contributed by atoms with Gasteiger partial charge in [-0.2, -0.15) is 20.1 Å². The predicted octanol–water partition coefficient (Wildman–Crippen LogP) is 4.66. The molecule has 0 aliphatic carbocycles. The summed E-state index contributed by atoms with van der Waals surface area (Å²) in [5, 5.41) is 7.57. The number of hydrogen-bond donors (Lipinski definition) is 2. The van der Waals surface area contributed by atoms with Gasteiger partial charge in [-0.15, -0.1) is 0 Å². The summed E-state index contributed by atoms with van der Waals surface area (Å²) >= 11 is 2.28. The van der Waals surface area contributed by atoms with Gasteiger partial charge in [0, 0.05) is 22.3 Å². The molecule has 4 rings (SSSR count). The number of benzene rings is 2. The molecule has 1 saturated heterocycles. The molecular formula is C21H22IN7. The van der Waals surface area contributed by atoms with Gasteiger partial charge in [-0.25, -0.2) is 5.43 Å². The van der Waals surface area contributed by atoms with Crippen molar-refractivity contribution in [2.24, 2.45) is 5.10 Å². The van der Waals surface area contributed by atoms with Gasteiger partial charge in [0.2, 0.25) is 17.8 Å². The molecule has 3 aromatic rings. The monoisotopic (exact) mass is 499 g/mol. The largest absolute Gasteiger partial charge is 0.341 e. The van der Waals surface area contributed by atoms with Crippen LogP contribution in [-0.2, 0) is 0 Å². The summed E-state index contributed by atoms with van der Waals surface area (Å²) < 4.78 is 1.16. The molecule has 7 nitrogen and oxygen atoms in total. The second-order valence-corrected chi connectivity index (χ2v) is 7.99. The third-order valence-corrected chi connectivity index (χ3v) is 5.19. The Morgan fingerprint density at radius 2 is 1.69 bits per heavy atom. The van der Waals surface area contributed by atoms with Gasteiger partial charge in [-0.05, 0) is 71.7 Å². The van der Waals surface area contributed by atoms with Gasteiger partial charge >= 0.3 is 0 Å². The average Bonchev–Trinajstić information content (AvgIpc) is 2.75. The lowest BCUT2D eigenvalue weighted by molar-refractivity contribution is 0.568. The van der Waals surface area contributed by atoms with E-state index in [1.54, 1.807) is 6.21 Å². The molecule has 1 fully saturated rings. The predicted molar refractivity (Wildman–Crippen MR) is 126 cm³/mol. The Morgan fingerprint density at radius 1 is 0.897 bits per heavy atom. The van der Waals surface area contributed by atoms with Crippen LogP contribution in [0.1, 0.15) is 24.8 Å². The van der Waals surface area contributed by atoms with E-state index in [4.69, 9.17) is 0 Å². The first-order valence-corrected chi connectivity index (χ1v) is 10.7. The molecule has 29 heavy (non-hydrogen) atoms. The molecule has 1 aliphatic heterocycles. The number of rotatable bonds is 6. The van der Waals surface area contributed by atoms with E-state index in [0.29, 0.717) is 17.8 Å². The Labute approximate surface area is 183 Å². The Kier molecular flexibility index (Phi) is 6.50. The number of anilines is 4. The fourth-order valence-corrected chi connectivity index (χ4v) is 3.68. The Morgan fingerprint density at radius 3 is 2.48 bits per heavy atom. The highest BCUT2D eigenvalue weighted by molar-refractivity contribution is 14.1. The van der Waals surface area contributed by atoms with Gasteiger partial charge in [-0.3, -0.25) is 0 Å². The number of nitrogens with one attached hydrogen (secondary N) is 2. The zero-order valence-electron chi connectivity index (χ0n) is 15.9. The van der Waals surface area contributed by atoms with E-state index in [1.807, 2.05) is 48.5 Å². The van der Waals surface area contributed by atoms with E-state index in [2.05, 4.69) is 64.4 Å². The van der Waals surface area contributed by atoms with Gasteiger partial charge in [0.25, 0.3) is 0 Å². The summed E-state index contributed by atoms with van der Waals surface area (Å²) in [6.07, 6.45) is 5.32. The SMILES string of the molecule is Ic1cccc(/C=N/Nc2nc(Nc3ccccc3)nc(N3CCCCC3)n2)c1. The summed E-state index contributed by atoms with van der Waals surface area (Å²) in [6.45, 7) is 1.92. The molecule has 1 aliphatic rings. The minimum atomic E-state index is 0.417. The fourth-order valence-electron chi connectivity index (χ4n) is 3.11. The molecule has 148 valence electrons. The highest BCUT2D eigenvalue weighted by Gasteiger charge is 2.16. The number of piperidine rings is 1. The standard InChI is InChI=1S/C21H22IN7/c22-17-9-7-8-16(14-17)15-23-28-20-25-19(24-18-10-3-1-4-11-18)26-21(27-20)29-12-5-2-6-13-29/h1,3-4,7-11,14-15H,2,5-6,12-13H2,(H2,24,25,26,27,28)/b23-15+. The van der Waals surface area contributed by atoms with Crippen LogP contribution in [0, 0.1) is 3.57 Å². The first-order chi connectivity index (χ1) is 14.3. The van der Waals surface area contributed by atoms with Crippen LogP contribution in [-0.4, -0.2) is 34.3 Å². The van der Waals surface area contributed by atoms with Crippen LogP contribution in [0.25, 0.3) is 0 Å². The van der Waals surface area contributed by atoms with Gasteiger partial charge in [0.05, 0.1) is 6.21 Å². The number of aromatic nitrogens is 3. The van der Waals surface area contributed by atoms with E-state index >= 15 is 0 Å². The van der Waals surface area contributed by atoms with Crippen LogP contribution in [0.5, 0.6) is 0 Å². The summed E-state index contributed by atoms with van der Waals surface area (Å²) in [5.74, 6) is 1.59. The normalized spacial score (nSPS) is 14.2. The summed E-state index contributed by atoms with van der Waals surface area (Å²) in [7, 11) is 0. The maximum atomic E-state index is 4.63. The molecule has 0 radical (unpaired) electrons. The zero-order valence-corrected chi connectivity index (χ0v) is 18.1. The van der Waals surface area contributed by atoms with Crippen molar-refractivity contribution in [2.45, 2.75) is 19.3 Å². The lowest BCUT2D eigenvalue weighted by Crippen LogP contribution is -2.31. The third kappa shape index (κ3) is 5.63. The van der Waals surface area contributed by atoms with E-state index < -0.39 is 0 Å². The van der Waals surface area contributed by atoms with Crippen LogP contribution in [0.15, 0.2) is 59.7 Å². The van der Waals surface area contributed by atoms with Crippen molar-refractivity contribution in [3.8, 4) is 0 Å². The molecule has 1 aromatic heterocycles. The van der Waals surface area contributed by atoms with E-state index in [-0.39, 0.29) is 0 Å². The molecule has 8 heteroatoms. The lowest BCUT2D eigenvalue weighted by Gasteiger charge is -2.26. The molecule has 0 atom stereocenters. The number of nitrogens with zero attached hydrogens (tertiary/aromatic N) is 5. The number of halogens is 1.